The van der Waals surface area contributed by atoms with Crippen LogP contribution >= 0.6 is 0 Å². The Morgan fingerprint density at radius 3 is 2.72 bits per heavy atom. The van der Waals surface area contributed by atoms with Crippen molar-refractivity contribution in [3.8, 4) is 0 Å². The first-order chi connectivity index (χ1) is 14.3. The Morgan fingerprint density at radius 2 is 2.00 bits per heavy atom. The van der Waals surface area contributed by atoms with Crippen molar-refractivity contribution in [2.24, 2.45) is 4.99 Å². The van der Waals surface area contributed by atoms with E-state index in [1.165, 1.54) is 11.3 Å². The third-order valence-electron chi connectivity index (χ3n) is 5.61. The molecule has 0 amide bonds. The smallest absolute Gasteiger partial charge is 0.191 e. The molecule has 0 aliphatic carbocycles. The summed E-state index contributed by atoms with van der Waals surface area (Å²) in [6, 6.07) is 9.24. The SMILES string of the molecule is CCNC(=NCc1cccc(N2CC=CC2)c1)NC1CCN(CCCOC)CC1. The Labute approximate surface area is 176 Å². The number of guanidine groups is 1. The zero-order chi connectivity index (χ0) is 20.3. The molecule has 1 fully saturated rings. The second kappa shape index (κ2) is 11.8. The molecule has 0 atom stereocenters. The van der Waals surface area contributed by atoms with Crippen LogP contribution in [0.25, 0.3) is 0 Å². The van der Waals surface area contributed by atoms with Crippen molar-refractivity contribution in [2.45, 2.75) is 38.8 Å². The van der Waals surface area contributed by atoms with Gasteiger partial charge in [-0.2, -0.15) is 0 Å². The standard InChI is InChI=1S/C23H37N5O/c1-3-24-23(26-21-10-15-27(16-11-21)12-7-17-29-2)25-19-20-8-6-9-22(18-20)28-13-4-5-14-28/h4-6,8-9,18,21H,3,7,10-17,19H2,1-2H3,(H2,24,25,26). The van der Waals surface area contributed by atoms with E-state index < -0.39 is 0 Å². The van der Waals surface area contributed by atoms with Crippen molar-refractivity contribution in [1.82, 2.24) is 15.5 Å². The van der Waals surface area contributed by atoms with Crippen LogP contribution in [-0.2, 0) is 11.3 Å². The van der Waals surface area contributed by atoms with Gasteiger partial charge in [-0.15, -0.1) is 0 Å². The van der Waals surface area contributed by atoms with Gasteiger partial charge in [0.05, 0.1) is 6.54 Å². The van der Waals surface area contributed by atoms with Crippen molar-refractivity contribution in [2.75, 3.05) is 57.9 Å². The van der Waals surface area contributed by atoms with Gasteiger partial charge >= 0.3 is 0 Å². The lowest BCUT2D eigenvalue weighted by Gasteiger charge is -2.33. The lowest BCUT2D eigenvalue weighted by molar-refractivity contribution is 0.155. The highest BCUT2D eigenvalue weighted by molar-refractivity contribution is 5.80. The number of likely N-dealkylation sites (tertiary alicyclic amines) is 1. The number of ether oxygens (including phenoxy) is 1. The fraction of sp³-hybridized carbons (Fsp3) is 0.609. The van der Waals surface area contributed by atoms with Gasteiger partial charge in [-0.05, 0) is 43.9 Å². The first-order valence-corrected chi connectivity index (χ1v) is 11.0. The average Bonchev–Trinajstić information content (AvgIpc) is 3.29. The summed E-state index contributed by atoms with van der Waals surface area (Å²) in [5.74, 6) is 0.929. The third kappa shape index (κ3) is 7.05. The van der Waals surface area contributed by atoms with E-state index in [0.717, 1.165) is 71.1 Å². The molecule has 6 nitrogen and oxygen atoms in total. The largest absolute Gasteiger partial charge is 0.385 e. The van der Waals surface area contributed by atoms with E-state index >= 15 is 0 Å². The molecule has 2 aliphatic heterocycles. The number of rotatable bonds is 9. The third-order valence-corrected chi connectivity index (χ3v) is 5.61. The van der Waals surface area contributed by atoms with E-state index in [2.05, 4.69) is 63.8 Å². The second-order valence-corrected chi connectivity index (χ2v) is 7.85. The molecule has 6 heteroatoms. The number of hydrogen-bond acceptors (Lipinski definition) is 4. The summed E-state index contributed by atoms with van der Waals surface area (Å²) in [5.41, 5.74) is 2.53. The van der Waals surface area contributed by atoms with E-state index in [9.17, 15) is 0 Å². The Hall–Kier alpha value is -2.05. The number of benzene rings is 1. The molecule has 0 radical (unpaired) electrons. The van der Waals surface area contributed by atoms with E-state index in [1.807, 2.05) is 0 Å². The quantitative estimate of drug-likeness (QED) is 0.289. The minimum Gasteiger partial charge on any atom is -0.385 e. The summed E-state index contributed by atoms with van der Waals surface area (Å²) >= 11 is 0. The fourth-order valence-corrected chi connectivity index (χ4v) is 3.96. The number of nitrogens with zero attached hydrogens (tertiary/aromatic N) is 3. The molecular formula is C23H37N5O. The zero-order valence-electron chi connectivity index (χ0n) is 18.1. The molecule has 2 heterocycles. The molecule has 160 valence electrons. The van der Waals surface area contributed by atoms with E-state index in [-0.39, 0.29) is 0 Å². The molecule has 0 unspecified atom stereocenters. The highest BCUT2D eigenvalue weighted by Gasteiger charge is 2.19. The maximum absolute atomic E-state index is 5.16. The number of aliphatic imine (C=N–C) groups is 1. The zero-order valence-corrected chi connectivity index (χ0v) is 18.1. The number of nitrogens with one attached hydrogen (secondary N) is 2. The van der Waals surface area contributed by atoms with Crippen LogP contribution in [0.15, 0.2) is 41.4 Å². The van der Waals surface area contributed by atoms with Crippen LogP contribution in [0.4, 0.5) is 5.69 Å². The van der Waals surface area contributed by atoms with Crippen LogP contribution < -0.4 is 15.5 Å². The minimum atomic E-state index is 0.494. The van der Waals surface area contributed by atoms with Gasteiger partial charge in [0.2, 0.25) is 0 Å². The minimum absolute atomic E-state index is 0.494. The number of piperidine rings is 1. The molecule has 29 heavy (non-hydrogen) atoms. The van der Waals surface area contributed by atoms with Crippen LogP contribution in [0.5, 0.6) is 0 Å². The normalized spacial score (nSPS) is 18.4. The van der Waals surface area contributed by atoms with Crippen LogP contribution in [0.1, 0.15) is 31.7 Å². The average molecular weight is 400 g/mol. The van der Waals surface area contributed by atoms with Crippen molar-refractivity contribution >= 4 is 11.6 Å². The van der Waals surface area contributed by atoms with Gasteiger partial charge in [0, 0.05) is 64.7 Å². The molecule has 1 aromatic carbocycles. The molecule has 2 N–H and O–H groups in total. The molecule has 1 aromatic rings. The van der Waals surface area contributed by atoms with Crippen LogP contribution in [0.3, 0.4) is 0 Å². The van der Waals surface area contributed by atoms with E-state index in [1.54, 1.807) is 7.11 Å². The summed E-state index contributed by atoms with van der Waals surface area (Å²) in [5, 5.41) is 7.06. The van der Waals surface area contributed by atoms with E-state index in [0.29, 0.717) is 12.6 Å². The molecule has 2 aliphatic rings. The van der Waals surface area contributed by atoms with Crippen molar-refractivity contribution < 1.29 is 4.74 Å². The van der Waals surface area contributed by atoms with E-state index in [4.69, 9.17) is 9.73 Å². The Balaban J connectivity index is 1.49. The highest BCUT2D eigenvalue weighted by atomic mass is 16.5. The first-order valence-electron chi connectivity index (χ1n) is 11.0. The van der Waals surface area contributed by atoms with Gasteiger partial charge in [-0.25, -0.2) is 4.99 Å². The van der Waals surface area contributed by atoms with Crippen molar-refractivity contribution in [3.63, 3.8) is 0 Å². The highest BCUT2D eigenvalue weighted by Crippen LogP contribution is 2.19. The van der Waals surface area contributed by atoms with Crippen LogP contribution in [-0.4, -0.2) is 69.9 Å². The lowest BCUT2D eigenvalue weighted by Crippen LogP contribution is -2.48. The molecule has 0 spiro atoms. The van der Waals surface area contributed by atoms with Gasteiger partial charge < -0.3 is 25.2 Å². The van der Waals surface area contributed by atoms with Gasteiger partial charge in [-0.3, -0.25) is 0 Å². The van der Waals surface area contributed by atoms with Crippen LogP contribution in [0, 0.1) is 0 Å². The maximum Gasteiger partial charge on any atom is 0.191 e. The molecule has 1 saturated heterocycles. The van der Waals surface area contributed by atoms with Crippen molar-refractivity contribution in [3.05, 3.63) is 42.0 Å². The first kappa shape index (κ1) is 21.7. The maximum atomic E-state index is 5.16. The second-order valence-electron chi connectivity index (χ2n) is 7.85. The summed E-state index contributed by atoms with van der Waals surface area (Å²) in [4.78, 5) is 9.77. The molecule has 0 saturated carbocycles. The van der Waals surface area contributed by atoms with Crippen molar-refractivity contribution in [1.29, 1.82) is 0 Å². The Morgan fingerprint density at radius 1 is 1.21 bits per heavy atom. The van der Waals surface area contributed by atoms with Crippen LogP contribution in [0.2, 0.25) is 0 Å². The van der Waals surface area contributed by atoms with Gasteiger partial charge in [-0.1, -0.05) is 24.3 Å². The molecule has 0 aromatic heterocycles. The van der Waals surface area contributed by atoms with Gasteiger partial charge in [0.25, 0.3) is 0 Å². The predicted molar refractivity (Wildman–Crippen MR) is 122 cm³/mol. The lowest BCUT2D eigenvalue weighted by atomic mass is 10.1. The summed E-state index contributed by atoms with van der Waals surface area (Å²) in [6.07, 6.45) is 7.89. The summed E-state index contributed by atoms with van der Waals surface area (Å²) < 4.78 is 5.16. The van der Waals surface area contributed by atoms with Gasteiger partial charge in [0.15, 0.2) is 5.96 Å². The number of hydrogen-bond donors (Lipinski definition) is 2. The molecule has 0 bridgehead atoms. The number of methoxy groups -OCH3 is 1. The summed E-state index contributed by atoms with van der Waals surface area (Å²) in [7, 11) is 1.78. The van der Waals surface area contributed by atoms with Gasteiger partial charge in [0.1, 0.15) is 0 Å². The topological polar surface area (TPSA) is 52.1 Å². The molecule has 3 rings (SSSR count). The monoisotopic (exact) mass is 399 g/mol. The Kier molecular flexibility index (Phi) is 8.83. The summed E-state index contributed by atoms with van der Waals surface area (Å²) in [6.45, 7) is 9.97. The Bertz CT molecular complexity index is 659. The predicted octanol–water partition coefficient (Wildman–Crippen LogP) is 2.62. The fourth-order valence-electron chi connectivity index (χ4n) is 3.96. The molecular weight excluding hydrogens is 362 g/mol. The number of anilines is 1.